The summed E-state index contributed by atoms with van der Waals surface area (Å²) in [4.78, 5) is 46.6. The summed E-state index contributed by atoms with van der Waals surface area (Å²) < 4.78 is 5.87. The number of para-hydroxylation sites is 4. The Morgan fingerprint density at radius 1 is 0.590 bits per heavy atom. The molecule has 4 aromatic rings. The maximum absolute atomic E-state index is 12.3. The van der Waals surface area contributed by atoms with Crippen LogP contribution in [0.3, 0.4) is 0 Å². The molecule has 11 nitrogen and oxygen atoms in total. The van der Waals surface area contributed by atoms with E-state index in [1.807, 2.05) is 0 Å². The van der Waals surface area contributed by atoms with E-state index in [4.69, 9.17) is 4.74 Å². The van der Waals surface area contributed by atoms with Crippen molar-refractivity contribution < 1.29 is 24.2 Å². The third-order valence-corrected chi connectivity index (χ3v) is 5.64. The molecule has 0 atom stereocenters. The Balaban J connectivity index is 1.88. The van der Waals surface area contributed by atoms with Crippen LogP contribution < -0.4 is 15.4 Å². The fourth-order valence-corrected chi connectivity index (χ4v) is 4.17. The van der Waals surface area contributed by atoms with Gasteiger partial charge in [-0.15, -0.1) is 0 Å². The molecule has 0 spiro atoms. The van der Waals surface area contributed by atoms with Crippen molar-refractivity contribution in [3.05, 3.63) is 105 Å². The van der Waals surface area contributed by atoms with Crippen molar-refractivity contribution in [2.45, 2.75) is 13.8 Å². The number of nitrogens with one attached hydrogen (secondary N) is 2. The Morgan fingerprint density at radius 2 is 0.949 bits per heavy atom. The van der Waals surface area contributed by atoms with Crippen LogP contribution in [0.25, 0.3) is 22.3 Å². The molecule has 0 bridgehead atoms. The van der Waals surface area contributed by atoms with Crippen LogP contribution in [0.2, 0.25) is 0 Å². The number of anilines is 2. The summed E-state index contributed by atoms with van der Waals surface area (Å²) >= 11 is 0. The monoisotopic (exact) mass is 526 g/mol. The van der Waals surface area contributed by atoms with Crippen LogP contribution >= 0.6 is 0 Å². The Bertz CT molecular complexity index is 1500. The van der Waals surface area contributed by atoms with Crippen molar-refractivity contribution in [1.29, 1.82) is 0 Å². The summed E-state index contributed by atoms with van der Waals surface area (Å²) in [7, 11) is 0. The number of nitro benzene ring substituents is 2. The predicted octanol–water partition coefficient (Wildman–Crippen LogP) is 6.55. The second kappa shape index (κ2) is 11.2. The smallest absolute Gasteiger partial charge is 0.319 e. The normalized spacial score (nSPS) is 10.4. The van der Waals surface area contributed by atoms with E-state index < -0.39 is 21.2 Å². The molecule has 11 heteroatoms. The second-order valence-corrected chi connectivity index (χ2v) is 8.37. The van der Waals surface area contributed by atoms with Crippen LogP contribution in [0.4, 0.5) is 22.7 Å². The molecule has 0 saturated heterocycles. The number of carbonyl (C=O) groups excluding carboxylic acids is 2. The van der Waals surface area contributed by atoms with Gasteiger partial charge in [-0.1, -0.05) is 48.5 Å². The van der Waals surface area contributed by atoms with Crippen molar-refractivity contribution in [1.82, 2.24) is 0 Å². The lowest BCUT2D eigenvalue weighted by Gasteiger charge is -2.14. The number of benzene rings is 4. The Hall–Kier alpha value is -5.58. The molecule has 0 radical (unpaired) electrons. The highest BCUT2D eigenvalue weighted by Crippen LogP contribution is 2.46. The van der Waals surface area contributed by atoms with E-state index in [0.717, 1.165) is 0 Å². The number of hydrogen-bond donors (Lipinski definition) is 2. The van der Waals surface area contributed by atoms with Crippen LogP contribution in [0.1, 0.15) is 13.8 Å². The molecule has 0 aliphatic heterocycles. The first kappa shape index (κ1) is 26.5. The average Bonchev–Trinajstić information content (AvgIpc) is 2.88. The fourth-order valence-electron chi connectivity index (χ4n) is 4.17. The van der Waals surface area contributed by atoms with Gasteiger partial charge in [0.2, 0.25) is 23.3 Å². The van der Waals surface area contributed by atoms with E-state index in [9.17, 15) is 29.8 Å². The van der Waals surface area contributed by atoms with Gasteiger partial charge in [-0.05, 0) is 36.4 Å². The highest BCUT2D eigenvalue weighted by atomic mass is 16.6. The van der Waals surface area contributed by atoms with Gasteiger partial charge in [0, 0.05) is 36.3 Å². The molecule has 0 heterocycles. The van der Waals surface area contributed by atoms with Crippen LogP contribution in [0.5, 0.6) is 11.5 Å². The predicted molar refractivity (Wildman–Crippen MR) is 146 cm³/mol. The van der Waals surface area contributed by atoms with Crippen molar-refractivity contribution >= 4 is 34.6 Å². The minimum Gasteiger partial charge on any atom is -0.443 e. The first-order chi connectivity index (χ1) is 18.7. The molecular formula is C28H22N4O7. The van der Waals surface area contributed by atoms with Gasteiger partial charge in [-0.3, -0.25) is 29.8 Å². The second-order valence-electron chi connectivity index (χ2n) is 8.37. The third kappa shape index (κ3) is 5.72. The average molecular weight is 527 g/mol. The first-order valence-corrected chi connectivity index (χ1v) is 11.6. The largest absolute Gasteiger partial charge is 0.443 e. The maximum atomic E-state index is 12.3. The topological polar surface area (TPSA) is 154 Å². The van der Waals surface area contributed by atoms with Crippen molar-refractivity contribution in [2.24, 2.45) is 0 Å². The maximum Gasteiger partial charge on any atom is 0.319 e. The van der Waals surface area contributed by atoms with Crippen LogP contribution in [0.15, 0.2) is 84.9 Å². The van der Waals surface area contributed by atoms with Gasteiger partial charge in [0.25, 0.3) is 0 Å². The lowest BCUT2D eigenvalue weighted by atomic mass is 10.0. The summed E-state index contributed by atoms with van der Waals surface area (Å²) in [6.45, 7) is 2.64. The molecular weight excluding hydrogens is 504 g/mol. The van der Waals surface area contributed by atoms with E-state index in [1.165, 1.54) is 50.2 Å². The van der Waals surface area contributed by atoms with Crippen LogP contribution in [0, 0.1) is 20.2 Å². The molecule has 0 aliphatic carbocycles. The minimum atomic E-state index is -0.642. The van der Waals surface area contributed by atoms with E-state index in [2.05, 4.69) is 10.6 Å². The van der Waals surface area contributed by atoms with Crippen molar-refractivity contribution in [3.63, 3.8) is 0 Å². The van der Waals surface area contributed by atoms with Crippen molar-refractivity contribution in [3.8, 4) is 33.8 Å². The van der Waals surface area contributed by atoms with Crippen molar-refractivity contribution in [2.75, 3.05) is 10.6 Å². The van der Waals surface area contributed by atoms with Gasteiger partial charge in [0.1, 0.15) is 0 Å². The van der Waals surface area contributed by atoms with Gasteiger partial charge < -0.3 is 15.4 Å². The number of nitro groups is 2. The van der Waals surface area contributed by atoms with Gasteiger partial charge in [-0.25, -0.2) is 0 Å². The Kier molecular flexibility index (Phi) is 7.62. The molecule has 0 aromatic heterocycles. The molecule has 0 aliphatic rings. The standard InChI is InChI=1S/C28H22N4O7/c1-17(33)29-23-13-5-3-9-19(23)21-11-7-15-25(27(21)31(35)36)39-26-16-8-12-22(28(26)32(37)38)20-10-4-6-14-24(20)30-18(2)34/h3-16H,1-2H3,(H,29,33)(H,30,34). The zero-order valence-electron chi connectivity index (χ0n) is 20.8. The summed E-state index contributed by atoms with van der Waals surface area (Å²) in [5.74, 6) is -1.18. The zero-order chi connectivity index (χ0) is 28.1. The van der Waals surface area contributed by atoms with E-state index >= 15 is 0 Å². The van der Waals surface area contributed by atoms with Gasteiger partial charge in [-0.2, -0.15) is 0 Å². The molecule has 2 N–H and O–H groups in total. The third-order valence-electron chi connectivity index (χ3n) is 5.64. The number of rotatable bonds is 8. The number of amides is 2. The summed E-state index contributed by atoms with van der Waals surface area (Å²) in [5, 5.41) is 29.8. The summed E-state index contributed by atoms with van der Waals surface area (Å²) in [6, 6.07) is 21.8. The Morgan fingerprint density at radius 3 is 1.31 bits per heavy atom. The van der Waals surface area contributed by atoms with Gasteiger partial charge >= 0.3 is 11.4 Å². The molecule has 0 fully saturated rings. The zero-order valence-corrected chi connectivity index (χ0v) is 20.8. The summed E-state index contributed by atoms with van der Waals surface area (Å²) in [5.41, 5.74) is 0.880. The van der Waals surface area contributed by atoms with Gasteiger partial charge in [0.05, 0.1) is 21.0 Å². The molecule has 2 amide bonds. The molecule has 196 valence electrons. The molecule has 39 heavy (non-hydrogen) atoms. The van der Waals surface area contributed by atoms with E-state index in [0.29, 0.717) is 22.5 Å². The lowest BCUT2D eigenvalue weighted by molar-refractivity contribution is -0.386. The molecule has 0 saturated carbocycles. The van der Waals surface area contributed by atoms with Crippen LogP contribution in [-0.4, -0.2) is 21.7 Å². The van der Waals surface area contributed by atoms with E-state index in [1.54, 1.807) is 48.5 Å². The lowest BCUT2D eigenvalue weighted by Crippen LogP contribution is -2.07. The minimum absolute atomic E-state index is 0.150. The number of carbonyl (C=O) groups is 2. The molecule has 0 unspecified atom stereocenters. The molecule has 4 aromatic carbocycles. The van der Waals surface area contributed by atoms with Gasteiger partial charge in [0.15, 0.2) is 0 Å². The highest BCUT2D eigenvalue weighted by molar-refractivity contribution is 5.97. The number of ether oxygens (including phenoxy) is 1. The summed E-state index contributed by atoms with van der Waals surface area (Å²) in [6.07, 6.45) is 0. The quantitative estimate of drug-likeness (QED) is 0.195. The fraction of sp³-hybridized carbons (Fsp3) is 0.0714. The SMILES string of the molecule is CC(=O)Nc1ccccc1-c1cccc(Oc2cccc(-c3ccccc3NC(C)=O)c2[N+](=O)[O-])c1[N+](=O)[O-]. The Labute approximate surface area is 222 Å². The van der Waals surface area contributed by atoms with Crippen LogP contribution in [-0.2, 0) is 9.59 Å². The molecule has 4 rings (SSSR count). The number of nitrogens with zero attached hydrogens (tertiary/aromatic N) is 2. The number of hydrogen-bond acceptors (Lipinski definition) is 7. The first-order valence-electron chi connectivity index (χ1n) is 11.6. The highest BCUT2D eigenvalue weighted by Gasteiger charge is 2.29. The van der Waals surface area contributed by atoms with E-state index in [-0.39, 0.29) is 34.4 Å².